The van der Waals surface area contributed by atoms with Gasteiger partial charge < -0.3 is 9.88 Å². The average molecular weight is 276 g/mol. The van der Waals surface area contributed by atoms with Gasteiger partial charge in [0, 0.05) is 35.9 Å². The first-order valence-electron chi connectivity index (χ1n) is 8.03. The van der Waals surface area contributed by atoms with Crippen molar-refractivity contribution < 1.29 is 0 Å². The van der Waals surface area contributed by atoms with E-state index in [1.54, 1.807) is 0 Å². The Morgan fingerprint density at radius 1 is 1.45 bits per heavy atom. The first-order chi connectivity index (χ1) is 9.60. The molecule has 0 spiro atoms. The van der Waals surface area contributed by atoms with E-state index in [1.807, 2.05) is 6.33 Å². The van der Waals surface area contributed by atoms with Crippen LogP contribution in [0.4, 0.5) is 0 Å². The van der Waals surface area contributed by atoms with E-state index in [4.69, 9.17) is 0 Å². The second-order valence-corrected chi connectivity index (χ2v) is 6.99. The van der Waals surface area contributed by atoms with Crippen LogP contribution in [0.5, 0.6) is 0 Å². The Hall–Kier alpha value is -0.870. The van der Waals surface area contributed by atoms with E-state index in [0.717, 1.165) is 25.7 Å². The largest absolute Gasteiger partial charge is 0.333 e. The summed E-state index contributed by atoms with van der Waals surface area (Å²) in [6, 6.07) is 1.41. The number of hydrogen-bond donors (Lipinski definition) is 1. The van der Waals surface area contributed by atoms with Crippen molar-refractivity contribution in [2.24, 2.45) is 0 Å². The molecule has 1 aromatic rings. The van der Waals surface area contributed by atoms with E-state index >= 15 is 0 Å². The zero-order valence-electron chi connectivity index (χ0n) is 13.1. The van der Waals surface area contributed by atoms with E-state index in [2.05, 4.69) is 46.9 Å². The Kier molecular flexibility index (Phi) is 3.87. The molecule has 0 amide bonds. The van der Waals surface area contributed by atoms with Crippen molar-refractivity contribution in [2.45, 2.75) is 63.6 Å². The Bertz CT molecular complexity index is 443. The lowest BCUT2D eigenvalue weighted by atomic mass is 9.78. The van der Waals surface area contributed by atoms with Gasteiger partial charge in [-0.15, -0.1) is 0 Å². The third-order valence-electron chi connectivity index (χ3n) is 5.32. The SMILES string of the molecule is CC(Cn1cncc1C1(C)CCNCC1)N(C)C1CC1. The topological polar surface area (TPSA) is 33.1 Å². The van der Waals surface area contributed by atoms with Crippen LogP contribution in [-0.4, -0.2) is 46.7 Å². The van der Waals surface area contributed by atoms with Gasteiger partial charge in [0.2, 0.25) is 0 Å². The first kappa shape index (κ1) is 14.1. The lowest BCUT2D eigenvalue weighted by molar-refractivity contribution is 0.219. The molecule has 2 heterocycles. The monoisotopic (exact) mass is 276 g/mol. The number of aromatic nitrogens is 2. The highest BCUT2D eigenvalue weighted by Gasteiger charge is 2.33. The molecule has 1 aromatic heterocycles. The van der Waals surface area contributed by atoms with Gasteiger partial charge in [0.1, 0.15) is 0 Å². The van der Waals surface area contributed by atoms with Crippen LogP contribution in [-0.2, 0) is 12.0 Å². The summed E-state index contributed by atoms with van der Waals surface area (Å²) in [5, 5.41) is 3.47. The molecule has 2 fully saturated rings. The quantitative estimate of drug-likeness (QED) is 0.893. The number of nitrogens with one attached hydrogen (secondary N) is 1. The molecule has 1 unspecified atom stereocenters. The molecule has 2 aliphatic rings. The van der Waals surface area contributed by atoms with E-state index in [1.165, 1.54) is 31.4 Å². The molecule has 112 valence electrons. The van der Waals surface area contributed by atoms with Crippen LogP contribution in [0.15, 0.2) is 12.5 Å². The molecule has 1 N–H and O–H groups in total. The number of piperidine rings is 1. The van der Waals surface area contributed by atoms with E-state index < -0.39 is 0 Å². The fourth-order valence-corrected chi connectivity index (χ4v) is 3.46. The van der Waals surface area contributed by atoms with Crippen molar-refractivity contribution >= 4 is 0 Å². The third kappa shape index (κ3) is 2.77. The molecule has 1 saturated heterocycles. The average Bonchev–Trinajstić information content (AvgIpc) is 3.18. The standard InChI is InChI=1S/C16H28N4/c1-13(19(3)14-4-5-14)11-20-12-18-10-15(20)16(2)6-8-17-9-7-16/h10,12-14,17H,4-9,11H2,1-3H3. The Balaban J connectivity index is 1.72. The van der Waals surface area contributed by atoms with Gasteiger partial charge in [-0.25, -0.2) is 4.98 Å². The Labute approximate surface area is 122 Å². The van der Waals surface area contributed by atoms with Crippen LogP contribution in [0.1, 0.15) is 45.2 Å². The van der Waals surface area contributed by atoms with E-state index in [0.29, 0.717) is 11.5 Å². The number of nitrogens with zero attached hydrogens (tertiary/aromatic N) is 3. The molecule has 4 nitrogen and oxygen atoms in total. The molecule has 1 saturated carbocycles. The van der Waals surface area contributed by atoms with Gasteiger partial charge in [0.25, 0.3) is 0 Å². The van der Waals surface area contributed by atoms with Crippen molar-refractivity contribution in [3.63, 3.8) is 0 Å². The fourth-order valence-electron chi connectivity index (χ4n) is 3.46. The third-order valence-corrected chi connectivity index (χ3v) is 5.32. The van der Waals surface area contributed by atoms with Crippen molar-refractivity contribution in [3.8, 4) is 0 Å². The minimum absolute atomic E-state index is 0.291. The predicted octanol–water partition coefficient (Wildman–Crippen LogP) is 2.01. The highest BCUT2D eigenvalue weighted by molar-refractivity contribution is 5.15. The molecule has 3 rings (SSSR count). The second kappa shape index (κ2) is 5.49. The minimum Gasteiger partial charge on any atom is -0.333 e. The van der Waals surface area contributed by atoms with Crippen LogP contribution >= 0.6 is 0 Å². The maximum absolute atomic E-state index is 4.44. The van der Waals surface area contributed by atoms with Crippen molar-refractivity contribution in [1.82, 2.24) is 19.8 Å². The normalized spacial score (nSPS) is 24.0. The lowest BCUT2D eigenvalue weighted by Gasteiger charge is -2.35. The molecule has 1 aliphatic carbocycles. The molecule has 0 radical (unpaired) electrons. The van der Waals surface area contributed by atoms with Crippen molar-refractivity contribution in [3.05, 3.63) is 18.2 Å². The summed E-state index contributed by atoms with van der Waals surface area (Å²) in [6.45, 7) is 8.05. The summed E-state index contributed by atoms with van der Waals surface area (Å²) in [5.41, 5.74) is 1.72. The number of hydrogen-bond acceptors (Lipinski definition) is 3. The summed E-state index contributed by atoms with van der Waals surface area (Å²) >= 11 is 0. The maximum atomic E-state index is 4.44. The molecular formula is C16H28N4. The molecular weight excluding hydrogens is 248 g/mol. The molecule has 0 bridgehead atoms. The Morgan fingerprint density at radius 3 is 2.80 bits per heavy atom. The van der Waals surface area contributed by atoms with E-state index in [-0.39, 0.29) is 0 Å². The minimum atomic E-state index is 0.291. The van der Waals surface area contributed by atoms with Gasteiger partial charge in [-0.2, -0.15) is 0 Å². The zero-order chi connectivity index (χ0) is 14.2. The summed E-state index contributed by atoms with van der Waals surface area (Å²) in [6.07, 6.45) is 9.30. The molecule has 1 aliphatic heterocycles. The lowest BCUT2D eigenvalue weighted by Crippen LogP contribution is -2.40. The van der Waals surface area contributed by atoms with Crippen LogP contribution in [0.25, 0.3) is 0 Å². The number of rotatable bonds is 5. The van der Waals surface area contributed by atoms with Crippen LogP contribution < -0.4 is 5.32 Å². The summed E-state index contributed by atoms with van der Waals surface area (Å²) in [7, 11) is 2.27. The molecule has 20 heavy (non-hydrogen) atoms. The van der Waals surface area contributed by atoms with Crippen LogP contribution in [0.2, 0.25) is 0 Å². The van der Waals surface area contributed by atoms with Gasteiger partial charge in [-0.05, 0) is 52.7 Å². The molecule has 0 aromatic carbocycles. The van der Waals surface area contributed by atoms with Gasteiger partial charge in [0.05, 0.1) is 6.33 Å². The first-order valence-corrected chi connectivity index (χ1v) is 8.03. The molecule has 1 atom stereocenters. The predicted molar refractivity (Wildman–Crippen MR) is 81.9 cm³/mol. The van der Waals surface area contributed by atoms with Crippen molar-refractivity contribution in [2.75, 3.05) is 20.1 Å². The zero-order valence-corrected chi connectivity index (χ0v) is 13.1. The Morgan fingerprint density at radius 2 is 2.15 bits per heavy atom. The summed E-state index contributed by atoms with van der Waals surface area (Å²) < 4.78 is 2.40. The van der Waals surface area contributed by atoms with Crippen LogP contribution in [0.3, 0.4) is 0 Å². The number of likely N-dealkylation sites (N-methyl/N-ethyl adjacent to an activating group) is 1. The summed E-state index contributed by atoms with van der Waals surface area (Å²) in [5.74, 6) is 0. The summed E-state index contributed by atoms with van der Waals surface area (Å²) in [4.78, 5) is 6.98. The van der Waals surface area contributed by atoms with Gasteiger partial charge >= 0.3 is 0 Å². The highest BCUT2D eigenvalue weighted by Crippen LogP contribution is 2.33. The van der Waals surface area contributed by atoms with Crippen molar-refractivity contribution in [1.29, 1.82) is 0 Å². The number of imidazole rings is 1. The second-order valence-electron chi connectivity index (χ2n) is 6.99. The van der Waals surface area contributed by atoms with E-state index in [9.17, 15) is 0 Å². The maximum Gasteiger partial charge on any atom is 0.0948 e. The van der Waals surface area contributed by atoms with Crippen LogP contribution in [0, 0.1) is 0 Å². The highest BCUT2D eigenvalue weighted by atomic mass is 15.2. The van der Waals surface area contributed by atoms with Gasteiger partial charge in [-0.1, -0.05) is 6.92 Å². The fraction of sp³-hybridized carbons (Fsp3) is 0.812. The smallest absolute Gasteiger partial charge is 0.0948 e. The van der Waals surface area contributed by atoms with Gasteiger partial charge in [-0.3, -0.25) is 4.90 Å². The molecule has 4 heteroatoms. The van der Waals surface area contributed by atoms with Gasteiger partial charge in [0.15, 0.2) is 0 Å².